The normalized spacial score (nSPS) is 19.2. The fourth-order valence-corrected chi connectivity index (χ4v) is 5.48. The van der Waals surface area contributed by atoms with E-state index >= 15 is 0 Å². The molecule has 0 amide bonds. The van der Waals surface area contributed by atoms with Crippen LogP contribution in [0.3, 0.4) is 0 Å². The van der Waals surface area contributed by atoms with Gasteiger partial charge in [-0.2, -0.15) is 4.57 Å². The maximum absolute atomic E-state index is 2.54. The van der Waals surface area contributed by atoms with Crippen LogP contribution in [0.4, 0.5) is 0 Å². The van der Waals surface area contributed by atoms with E-state index in [0.29, 0.717) is 6.04 Å². The molecule has 0 spiro atoms. The van der Waals surface area contributed by atoms with E-state index < -0.39 is 0 Å². The Balaban J connectivity index is 0.000000963. The van der Waals surface area contributed by atoms with Crippen molar-refractivity contribution in [2.45, 2.75) is 16.8 Å². The van der Waals surface area contributed by atoms with Crippen molar-refractivity contribution in [1.82, 2.24) is 0 Å². The van der Waals surface area contributed by atoms with E-state index in [2.05, 4.69) is 51.4 Å². The van der Waals surface area contributed by atoms with Gasteiger partial charge in [0.1, 0.15) is 4.70 Å². The summed E-state index contributed by atoms with van der Waals surface area (Å²) in [6.07, 6.45) is 1.31. The first-order chi connectivity index (χ1) is 7.40. The average Bonchev–Trinajstić information content (AvgIpc) is 2.67. The number of thioether (sulfide) groups is 1. The molecule has 1 aromatic carbocycles. The van der Waals surface area contributed by atoms with Crippen LogP contribution >= 0.6 is 45.7 Å². The van der Waals surface area contributed by atoms with Gasteiger partial charge in [-0.1, -0.05) is 46.1 Å². The van der Waals surface area contributed by atoms with Crippen molar-refractivity contribution in [2.24, 2.45) is 0 Å². The number of nitrogens with zero attached hydrogens (tertiary/aromatic N) is 1. The Labute approximate surface area is 134 Å². The number of benzene rings is 1. The van der Waals surface area contributed by atoms with E-state index in [1.54, 1.807) is 0 Å². The molecule has 2 aromatic rings. The van der Waals surface area contributed by atoms with Crippen molar-refractivity contribution in [3.05, 3.63) is 24.3 Å². The Morgan fingerprint density at radius 1 is 1.38 bits per heavy atom. The van der Waals surface area contributed by atoms with Crippen molar-refractivity contribution in [3.8, 4) is 0 Å². The van der Waals surface area contributed by atoms with Gasteiger partial charge in [-0.05, 0) is 17.8 Å². The van der Waals surface area contributed by atoms with Crippen LogP contribution in [0, 0.1) is 0 Å². The molecule has 0 bridgehead atoms. The molecule has 0 radical (unpaired) electrons. The predicted molar refractivity (Wildman–Crippen MR) is 75.3 cm³/mol. The van der Waals surface area contributed by atoms with Gasteiger partial charge in [0.25, 0.3) is 4.34 Å². The van der Waals surface area contributed by atoms with Gasteiger partial charge in [0, 0.05) is 18.2 Å². The van der Waals surface area contributed by atoms with E-state index in [1.165, 1.54) is 31.2 Å². The molecule has 0 fully saturated rings. The summed E-state index contributed by atoms with van der Waals surface area (Å²) in [5.74, 6) is 1.28. The third-order valence-corrected chi connectivity index (χ3v) is 6.18. The van der Waals surface area contributed by atoms with Gasteiger partial charge in [0.2, 0.25) is 5.52 Å². The van der Waals surface area contributed by atoms with Gasteiger partial charge in [-0.25, -0.2) is 0 Å². The molecular formula is C11H11I2NS2. The number of thiazole rings is 1. The molecule has 0 aliphatic carbocycles. The fraction of sp³-hybridized carbons (Fsp3) is 0.364. The smallest absolute Gasteiger partial charge is 0.298 e. The second-order valence-corrected chi connectivity index (χ2v) is 6.90. The lowest BCUT2D eigenvalue weighted by Gasteiger charge is -2.14. The molecule has 86 valence electrons. The number of hydrogen-bond donors (Lipinski definition) is 0. The Morgan fingerprint density at radius 2 is 2.19 bits per heavy atom. The minimum atomic E-state index is 0. The zero-order valence-corrected chi connectivity index (χ0v) is 14.5. The second-order valence-electron chi connectivity index (χ2n) is 3.65. The van der Waals surface area contributed by atoms with Gasteiger partial charge < -0.3 is 24.0 Å². The topological polar surface area (TPSA) is 3.88 Å². The molecule has 1 unspecified atom stereocenters. The molecule has 0 saturated heterocycles. The van der Waals surface area contributed by atoms with Crippen LogP contribution < -0.4 is 28.5 Å². The van der Waals surface area contributed by atoms with Crippen LogP contribution in [-0.2, 0) is 0 Å². The molecular weight excluding hydrogens is 464 g/mol. The van der Waals surface area contributed by atoms with Crippen LogP contribution in [0.1, 0.15) is 12.5 Å². The summed E-state index contributed by atoms with van der Waals surface area (Å²) >= 11 is 6.46. The predicted octanol–water partition coefficient (Wildman–Crippen LogP) is 0.665. The number of hydrogen-bond acceptors (Lipinski definition) is 2. The highest BCUT2D eigenvalue weighted by Crippen LogP contribution is 2.34. The first kappa shape index (κ1) is 13.4. The summed E-state index contributed by atoms with van der Waals surface area (Å²) < 4.78 is 6.68. The second kappa shape index (κ2) is 5.71. The highest BCUT2D eigenvalue weighted by atomic mass is 127. The molecule has 5 heteroatoms. The Hall–Kier alpha value is 0.920. The third-order valence-electron chi connectivity index (χ3n) is 2.74. The van der Waals surface area contributed by atoms with Crippen molar-refractivity contribution in [3.63, 3.8) is 0 Å². The van der Waals surface area contributed by atoms with Gasteiger partial charge in [-0.15, -0.1) is 0 Å². The monoisotopic (exact) mass is 475 g/mol. The van der Waals surface area contributed by atoms with E-state index in [-0.39, 0.29) is 24.0 Å². The number of alkyl halides is 1. The van der Waals surface area contributed by atoms with Crippen molar-refractivity contribution < 1.29 is 28.5 Å². The maximum atomic E-state index is 2.54. The summed E-state index contributed by atoms with van der Waals surface area (Å²) in [6.45, 7) is 0. The highest BCUT2D eigenvalue weighted by molar-refractivity contribution is 14.1. The first-order valence-electron chi connectivity index (χ1n) is 5.02. The van der Waals surface area contributed by atoms with Crippen molar-refractivity contribution in [2.75, 3.05) is 10.2 Å². The molecule has 1 aromatic heterocycles. The molecule has 1 atom stereocenters. The van der Waals surface area contributed by atoms with E-state index in [9.17, 15) is 0 Å². The number of para-hydroxylation sites is 1. The van der Waals surface area contributed by atoms with Gasteiger partial charge in [0.15, 0.2) is 6.04 Å². The Bertz CT molecular complexity index is 498. The first-order valence-corrected chi connectivity index (χ1v) is 8.35. The molecule has 1 aliphatic rings. The van der Waals surface area contributed by atoms with E-state index in [0.717, 1.165) is 0 Å². The van der Waals surface area contributed by atoms with Crippen molar-refractivity contribution in [1.29, 1.82) is 0 Å². The number of aromatic nitrogens is 1. The summed E-state index contributed by atoms with van der Waals surface area (Å²) in [7, 11) is 0. The minimum absolute atomic E-state index is 0. The van der Waals surface area contributed by atoms with Crippen LogP contribution in [0.25, 0.3) is 10.2 Å². The quantitative estimate of drug-likeness (QED) is 0.334. The standard InChI is InChI=1S/C11H11INS2.HI/c12-7-8-5-6-14-11-13(8)9-3-1-2-4-10(9)15-11;/h1-4,8H,5-7H2;1H/q+1;/p-1. The zero-order chi connectivity index (χ0) is 10.3. The van der Waals surface area contributed by atoms with Crippen LogP contribution in [0.2, 0.25) is 0 Å². The van der Waals surface area contributed by atoms with Crippen LogP contribution in [0.5, 0.6) is 0 Å². The zero-order valence-electron chi connectivity index (χ0n) is 8.53. The molecule has 16 heavy (non-hydrogen) atoms. The van der Waals surface area contributed by atoms with E-state index in [4.69, 9.17) is 0 Å². The largest absolute Gasteiger partial charge is 1.00 e. The summed E-state index contributed by atoms with van der Waals surface area (Å²) in [6, 6.07) is 9.47. The number of fused-ring (bicyclic) bond motifs is 3. The fourth-order valence-electron chi connectivity index (χ4n) is 1.99. The third kappa shape index (κ3) is 2.24. The van der Waals surface area contributed by atoms with Gasteiger partial charge in [0.05, 0.1) is 4.43 Å². The summed E-state index contributed by atoms with van der Waals surface area (Å²) in [4.78, 5) is 0. The molecule has 2 heterocycles. The maximum Gasteiger partial charge on any atom is 0.298 e. The Kier molecular flexibility index (Phi) is 4.76. The lowest BCUT2D eigenvalue weighted by molar-refractivity contribution is -0.724. The van der Waals surface area contributed by atoms with E-state index in [1.807, 2.05) is 23.1 Å². The number of rotatable bonds is 1. The molecule has 1 nitrogen and oxygen atoms in total. The molecule has 0 saturated carbocycles. The Morgan fingerprint density at radius 3 is 3.00 bits per heavy atom. The summed E-state index contributed by atoms with van der Waals surface area (Å²) in [5.41, 5.74) is 1.42. The lowest BCUT2D eigenvalue weighted by Crippen LogP contribution is -3.00. The van der Waals surface area contributed by atoms with Crippen LogP contribution in [0.15, 0.2) is 28.6 Å². The molecule has 1 aliphatic heterocycles. The average molecular weight is 475 g/mol. The lowest BCUT2D eigenvalue weighted by atomic mass is 10.2. The summed E-state index contributed by atoms with van der Waals surface area (Å²) in [5, 5.41) is 0. The van der Waals surface area contributed by atoms with Crippen LogP contribution in [-0.4, -0.2) is 10.2 Å². The highest BCUT2D eigenvalue weighted by Gasteiger charge is 2.31. The molecule has 0 N–H and O–H groups in total. The molecule has 3 rings (SSSR count). The van der Waals surface area contributed by atoms with Crippen molar-refractivity contribution >= 4 is 55.9 Å². The van der Waals surface area contributed by atoms with Gasteiger partial charge >= 0.3 is 0 Å². The minimum Gasteiger partial charge on any atom is -1.00 e. The number of halogens is 2. The van der Waals surface area contributed by atoms with Gasteiger partial charge in [-0.3, -0.25) is 0 Å². The SMILES string of the molecule is ICC1CCSc2sc3ccccc3[n+]21.[I-].